The molecule has 1 aliphatic rings. The second kappa shape index (κ2) is 7.88. The zero-order chi connectivity index (χ0) is 21.4. The fourth-order valence-electron chi connectivity index (χ4n) is 3.38. The van der Waals surface area contributed by atoms with Gasteiger partial charge in [-0.2, -0.15) is 0 Å². The summed E-state index contributed by atoms with van der Waals surface area (Å²) in [6, 6.07) is 7.59. The van der Waals surface area contributed by atoms with Crippen molar-refractivity contribution in [2.24, 2.45) is 0 Å². The van der Waals surface area contributed by atoms with Crippen molar-refractivity contribution in [1.82, 2.24) is 10.2 Å². The summed E-state index contributed by atoms with van der Waals surface area (Å²) in [5, 5.41) is 21.5. The summed E-state index contributed by atoms with van der Waals surface area (Å²) in [6.07, 6.45) is 0. The highest BCUT2D eigenvalue weighted by Crippen LogP contribution is 2.47. The van der Waals surface area contributed by atoms with Crippen LogP contribution in [-0.2, 0) is 4.79 Å². The number of hydrogen-bond acceptors (Lipinski definition) is 9. The fraction of sp³-hybridized carbons (Fsp3) is 0.200. The maximum absolute atomic E-state index is 13.3. The van der Waals surface area contributed by atoms with E-state index >= 15 is 0 Å². The van der Waals surface area contributed by atoms with Crippen LogP contribution in [0.3, 0.4) is 0 Å². The molecule has 0 fully saturated rings. The van der Waals surface area contributed by atoms with Gasteiger partial charge < -0.3 is 14.6 Å². The molecule has 3 aromatic rings. The summed E-state index contributed by atoms with van der Waals surface area (Å²) >= 11 is 2.42. The normalized spacial score (nSPS) is 16.3. The van der Waals surface area contributed by atoms with Gasteiger partial charge in [0.2, 0.25) is 10.9 Å². The molecule has 0 spiro atoms. The molecule has 1 aromatic carbocycles. The van der Waals surface area contributed by atoms with Gasteiger partial charge in [0, 0.05) is 5.56 Å². The number of thiophene rings is 1. The molecule has 0 radical (unpaired) electrons. The zero-order valence-electron chi connectivity index (χ0n) is 16.3. The maximum atomic E-state index is 13.3. The first-order valence-corrected chi connectivity index (χ1v) is 10.5. The first-order valence-electron chi connectivity index (χ1n) is 8.83. The number of hydrogen-bond donors (Lipinski definition) is 1. The fourth-order valence-corrected chi connectivity index (χ4v) is 4.77. The molecule has 0 bridgehead atoms. The molecule has 1 N–H and O–H groups in total. The quantitative estimate of drug-likeness (QED) is 0.580. The highest BCUT2D eigenvalue weighted by Gasteiger charge is 2.47. The van der Waals surface area contributed by atoms with E-state index in [2.05, 4.69) is 10.2 Å². The van der Waals surface area contributed by atoms with Crippen molar-refractivity contribution >= 4 is 39.5 Å². The third-order valence-electron chi connectivity index (χ3n) is 4.65. The molecule has 30 heavy (non-hydrogen) atoms. The number of Topliss-reactive ketones (excluding diaryl/α,β-unsaturated/α-hetero) is 1. The molecule has 154 valence electrons. The molecule has 0 saturated carbocycles. The average molecular weight is 444 g/mol. The number of carbonyl (C=O) groups excluding carboxylic acids is 2. The number of carbonyl (C=O) groups is 2. The van der Waals surface area contributed by atoms with Crippen LogP contribution in [-0.4, -0.2) is 41.2 Å². The van der Waals surface area contributed by atoms with Crippen LogP contribution < -0.4 is 14.4 Å². The van der Waals surface area contributed by atoms with Gasteiger partial charge in [0.25, 0.3) is 5.91 Å². The Morgan fingerprint density at radius 1 is 1.17 bits per heavy atom. The molecule has 1 aliphatic heterocycles. The van der Waals surface area contributed by atoms with Crippen molar-refractivity contribution in [3.8, 4) is 11.5 Å². The Morgan fingerprint density at radius 3 is 2.57 bits per heavy atom. The third kappa shape index (κ3) is 3.14. The van der Waals surface area contributed by atoms with Crippen molar-refractivity contribution in [2.75, 3.05) is 19.1 Å². The predicted octanol–water partition coefficient (Wildman–Crippen LogP) is 3.71. The van der Waals surface area contributed by atoms with Crippen LogP contribution in [0.5, 0.6) is 11.5 Å². The van der Waals surface area contributed by atoms with Gasteiger partial charge in [-0.1, -0.05) is 29.5 Å². The Balaban J connectivity index is 1.95. The van der Waals surface area contributed by atoms with Crippen LogP contribution in [0.15, 0.2) is 47.0 Å². The first kappa shape index (κ1) is 20.0. The molecule has 3 heterocycles. The number of ether oxygens (including phenoxy) is 2. The number of amides is 1. The second-order valence-corrected chi connectivity index (χ2v) is 8.44. The van der Waals surface area contributed by atoms with Crippen LogP contribution >= 0.6 is 22.7 Å². The molecular formula is C20H17N3O5S2. The van der Waals surface area contributed by atoms with Gasteiger partial charge in [-0.3, -0.25) is 14.5 Å². The lowest BCUT2D eigenvalue weighted by Crippen LogP contribution is -2.31. The van der Waals surface area contributed by atoms with Gasteiger partial charge in [0.1, 0.15) is 11.0 Å². The molecule has 0 aliphatic carbocycles. The number of nitrogens with zero attached hydrogens (tertiary/aromatic N) is 3. The van der Waals surface area contributed by atoms with Crippen molar-refractivity contribution in [3.05, 3.63) is 62.5 Å². The van der Waals surface area contributed by atoms with E-state index < -0.39 is 23.5 Å². The average Bonchev–Trinajstić information content (AvgIpc) is 3.48. The number of aliphatic hydroxyl groups is 1. The number of ketones is 1. The van der Waals surface area contributed by atoms with Crippen LogP contribution in [0.4, 0.5) is 5.13 Å². The van der Waals surface area contributed by atoms with Crippen molar-refractivity contribution < 1.29 is 24.2 Å². The molecule has 1 amide bonds. The summed E-state index contributed by atoms with van der Waals surface area (Å²) in [6.45, 7) is 1.76. The van der Waals surface area contributed by atoms with Gasteiger partial charge in [-0.25, -0.2) is 0 Å². The Morgan fingerprint density at radius 2 is 1.97 bits per heavy atom. The predicted molar refractivity (Wildman–Crippen MR) is 113 cm³/mol. The summed E-state index contributed by atoms with van der Waals surface area (Å²) < 4.78 is 10.9. The highest BCUT2D eigenvalue weighted by atomic mass is 32.1. The van der Waals surface area contributed by atoms with Crippen LogP contribution in [0.1, 0.15) is 26.3 Å². The number of benzene rings is 1. The van der Waals surface area contributed by atoms with E-state index in [1.165, 1.54) is 41.8 Å². The summed E-state index contributed by atoms with van der Waals surface area (Å²) in [7, 11) is 2.97. The minimum absolute atomic E-state index is 0.0399. The maximum Gasteiger partial charge on any atom is 0.296 e. The van der Waals surface area contributed by atoms with Crippen LogP contribution in [0.25, 0.3) is 0 Å². The summed E-state index contributed by atoms with van der Waals surface area (Å²) in [5.41, 5.74) is 0.448. The number of aryl methyl sites for hydroxylation is 1. The van der Waals surface area contributed by atoms with E-state index in [0.717, 1.165) is 0 Å². The lowest BCUT2D eigenvalue weighted by Gasteiger charge is -2.26. The highest BCUT2D eigenvalue weighted by molar-refractivity contribution is 7.15. The van der Waals surface area contributed by atoms with E-state index in [4.69, 9.17) is 9.47 Å². The van der Waals surface area contributed by atoms with Crippen molar-refractivity contribution in [2.45, 2.75) is 13.0 Å². The molecule has 1 atom stereocenters. The number of aliphatic hydroxyl groups excluding tert-OH is 1. The van der Waals surface area contributed by atoms with Crippen LogP contribution in [0.2, 0.25) is 0 Å². The van der Waals surface area contributed by atoms with Gasteiger partial charge >= 0.3 is 0 Å². The number of methoxy groups -OCH3 is 2. The van der Waals surface area contributed by atoms with E-state index in [1.807, 2.05) is 0 Å². The largest absolute Gasteiger partial charge is 0.503 e. The molecule has 2 aromatic heterocycles. The smallest absolute Gasteiger partial charge is 0.296 e. The van der Waals surface area contributed by atoms with E-state index in [9.17, 15) is 14.7 Å². The van der Waals surface area contributed by atoms with E-state index in [0.29, 0.717) is 26.9 Å². The summed E-state index contributed by atoms with van der Waals surface area (Å²) in [5.74, 6) is -0.980. The number of aromatic nitrogens is 2. The number of rotatable bonds is 6. The second-order valence-electron chi connectivity index (χ2n) is 6.33. The Hall–Kier alpha value is -3.24. The Bertz CT molecular complexity index is 1150. The first-order chi connectivity index (χ1) is 14.5. The van der Waals surface area contributed by atoms with Gasteiger partial charge in [-0.15, -0.1) is 21.5 Å². The number of anilines is 1. The zero-order valence-corrected chi connectivity index (χ0v) is 17.9. The minimum Gasteiger partial charge on any atom is -0.503 e. The Kier molecular flexibility index (Phi) is 5.27. The monoisotopic (exact) mass is 443 g/mol. The number of para-hydroxylation sites is 1. The molecular weight excluding hydrogens is 426 g/mol. The molecule has 10 heteroatoms. The van der Waals surface area contributed by atoms with Crippen LogP contribution in [0, 0.1) is 6.92 Å². The molecule has 0 saturated heterocycles. The van der Waals surface area contributed by atoms with Crippen molar-refractivity contribution in [1.29, 1.82) is 0 Å². The van der Waals surface area contributed by atoms with Gasteiger partial charge in [0.15, 0.2) is 17.3 Å². The molecule has 8 nitrogen and oxygen atoms in total. The lowest BCUT2D eigenvalue weighted by molar-refractivity contribution is -0.117. The minimum atomic E-state index is -0.954. The third-order valence-corrected chi connectivity index (χ3v) is 6.35. The SMILES string of the molecule is COc1cccc([C@H]2C(C(=O)c3cccs3)=C(O)C(=O)N2c2nnc(C)s2)c1OC. The van der Waals surface area contributed by atoms with Crippen molar-refractivity contribution in [3.63, 3.8) is 0 Å². The van der Waals surface area contributed by atoms with E-state index in [1.54, 1.807) is 42.6 Å². The topological polar surface area (TPSA) is 102 Å². The van der Waals surface area contributed by atoms with Gasteiger partial charge in [0.05, 0.1) is 24.7 Å². The molecule has 4 rings (SSSR count). The van der Waals surface area contributed by atoms with Gasteiger partial charge in [-0.05, 0) is 24.4 Å². The lowest BCUT2D eigenvalue weighted by atomic mass is 9.94. The molecule has 0 unspecified atom stereocenters. The standard InChI is InChI=1S/C20H17N3O5S2/c1-10-21-22-20(30-10)23-15(11-6-4-7-12(27-2)18(11)28-3)14(17(25)19(23)26)16(24)13-8-5-9-29-13/h4-9,15,25H,1-3H3/t15-/m0/s1. The Labute approximate surface area is 180 Å². The summed E-state index contributed by atoms with van der Waals surface area (Å²) in [4.78, 5) is 28.1. The van der Waals surface area contributed by atoms with E-state index in [-0.39, 0.29) is 10.7 Å².